The average Bonchev–Trinajstić information content (AvgIpc) is 1.38. The fourth-order valence-electron chi connectivity index (χ4n) is 0. The highest BCUT2D eigenvalue weighted by atomic mass is 16.4. The number of hydrogen-bond acceptors (Lipinski definition) is 2. The van der Waals surface area contributed by atoms with E-state index in [1.54, 1.807) is 0 Å². The lowest BCUT2D eigenvalue weighted by molar-refractivity contribution is 0.110. The third kappa shape index (κ3) is 3.92. The number of aliphatic hydroxyl groups excluding tert-OH is 2. The van der Waals surface area contributed by atoms with Crippen LogP contribution < -0.4 is 0 Å². The van der Waals surface area contributed by atoms with Crippen LogP contribution in [-0.4, -0.2) is 22.9 Å². The van der Waals surface area contributed by atoms with Crippen LogP contribution in [-0.2, 0) is 0 Å². The SMILES string of the molecule is C[13CH](O)[13CH2]O. The van der Waals surface area contributed by atoms with Crippen LogP contribution >= 0.6 is 0 Å². The normalized spacial score (nSPS) is 15.0. The first-order chi connectivity index (χ1) is 2.27. The molecule has 0 amide bonds. The molecule has 0 aromatic rings. The van der Waals surface area contributed by atoms with E-state index >= 15 is 0 Å². The van der Waals surface area contributed by atoms with Crippen molar-refractivity contribution in [2.24, 2.45) is 0 Å². The zero-order valence-electron chi connectivity index (χ0n) is 3.18. The summed E-state index contributed by atoms with van der Waals surface area (Å²) < 4.78 is 0. The van der Waals surface area contributed by atoms with Gasteiger partial charge in [-0.15, -0.1) is 0 Å². The van der Waals surface area contributed by atoms with Crippen LogP contribution in [0, 0.1) is 0 Å². The molecule has 0 aliphatic rings. The summed E-state index contributed by atoms with van der Waals surface area (Å²) in [6.07, 6.45) is -0.560. The second-order valence-electron chi connectivity index (χ2n) is 1.03. The van der Waals surface area contributed by atoms with E-state index in [2.05, 4.69) is 0 Å². The molecule has 1 atom stereocenters. The molecule has 0 aliphatic heterocycles. The Bertz CT molecular complexity index is 18.9. The first-order valence-electron chi connectivity index (χ1n) is 1.56. The van der Waals surface area contributed by atoms with Crippen molar-refractivity contribution >= 4 is 0 Å². The van der Waals surface area contributed by atoms with Gasteiger partial charge in [-0.25, -0.2) is 0 Å². The maximum Gasteiger partial charge on any atom is 0.0742 e. The van der Waals surface area contributed by atoms with Gasteiger partial charge >= 0.3 is 0 Å². The Morgan fingerprint density at radius 2 is 2.00 bits per heavy atom. The smallest absolute Gasteiger partial charge is 0.0742 e. The van der Waals surface area contributed by atoms with Crippen molar-refractivity contribution in [1.82, 2.24) is 0 Å². The summed E-state index contributed by atoms with van der Waals surface area (Å²) in [7, 11) is 0. The van der Waals surface area contributed by atoms with Gasteiger partial charge in [0.2, 0.25) is 0 Å². The standard InChI is InChI=1S/C3H8O2/c1-3(5)2-4/h3-5H,2H2,1H3/i2+1,3+1. The maximum absolute atomic E-state index is 8.11. The van der Waals surface area contributed by atoms with Crippen molar-refractivity contribution in [3.05, 3.63) is 0 Å². The predicted molar refractivity (Wildman–Crippen MR) is 18.8 cm³/mol. The summed E-state index contributed by atoms with van der Waals surface area (Å²) in [6.45, 7) is 1.39. The minimum atomic E-state index is -0.560. The van der Waals surface area contributed by atoms with Crippen molar-refractivity contribution in [3.63, 3.8) is 0 Å². The van der Waals surface area contributed by atoms with E-state index in [0.29, 0.717) is 0 Å². The summed E-state index contributed by atoms with van der Waals surface area (Å²) in [5, 5.41) is 16.0. The summed E-state index contributed by atoms with van der Waals surface area (Å²) >= 11 is 0. The van der Waals surface area contributed by atoms with Gasteiger partial charge in [0.05, 0.1) is 12.7 Å². The molecule has 1 unspecified atom stereocenters. The number of aliphatic hydroxyl groups is 2. The first-order valence-corrected chi connectivity index (χ1v) is 1.56. The summed E-state index contributed by atoms with van der Waals surface area (Å²) in [5.41, 5.74) is 0. The molecule has 0 spiro atoms. The Labute approximate surface area is 31.1 Å². The molecule has 0 aromatic carbocycles. The van der Waals surface area contributed by atoms with Crippen molar-refractivity contribution in [2.45, 2.75) is 13.0 Å². The minimum Gasteiger partial charge on any atom is -0.394 e. The lowest BCUT2D eigenvalue weighted by Crippen LogP contribution is -2.03. The van der Waals surface area contributed by atoms with E-state index in [1.165, 1.54) is 6.92 Å². The highest BCUT2D eigenvalue weighted by molar-refractivity contribution is 4.33. The predicted octanol–water partition coefficient (Wildman–Crippen LogP) is -0.641. The van der Waals surface area contributed by atoms with E-state index in [1.807, 2.05) is 0 Å². The van der Waals surface area contributed by atoms with Gasteiger partial charge in [-0.2, -0.15) is 0 Å². The number of rotatable bonds is 1. The van der Waals surface area contributed by atoms with E-state index in [4.69, 9.17) is 10.2 Å². The topological polar surface area (TPSA) is 40.5 Å². The zero-order valence-corrected chi connectivity index (χ0v) is 3.18. The van der Waals surface area contributed by atoms with Gasteiger partial charge in [0.15, 0.2) is 0 Å². The largest absolute Gasteiger partial charge is 0.394 e. The van der Waals surface area contributed by atoms with Gasteiger partial charge in [-0.05, 0) is 6.92 Å². The van der Waals surface area contributed by atoms with E-state index in [-0.39, 0.29) is 6.61 Å². The molecule has 0 saturated carbocycles. The third-order valence-electron chi connectivity index (χ3n) is 0.264. The Morgan fingerprint density at radius 1 is 1.80 bits per heavy atom. The van der Waals surface area contributed by atoms with Crippen LogP contribution in [0.4, 0.5) is 0 Å². The van der Waals surface area contributed by atoms with Gasteiger partial charge < -0.3 is 10.2 Å². The highest BCUT2D eigenvalue weighted by Gasteiger charge is 1.83. The Balaban J connectivity index is 2.54. The third-order valence-corrected chi connectivity index (χ3v) is 0.264. The molecule has 0 fully saturated rings. The highest BCUT2D eigenvalue weighted by Crippen LogP contribution is 1.68. The molecule has 0 aliphatic carbocycles. The Hall–Kier alpha value is -0.0800. The van der Waals surface area contributed by atoms with Crippen molar-refractivity contribution < 1.29 is 10.2 Å². The van der Waals surface area contributed by atoms with Gasteiger partial charge in [0.1, 0.15) is 0 Å². The molecule has 0 heterocycles. The molecule has 0 rings (SSSR count). The summed E-state index contributed by atoms with van der Waals surface area (Å²) in [4.78, 5) is 0. The van der Waals surface area contributed by atoms with E-state index in [0.717, 1.165) is 0 Å². The fourth-order valence-corrected chi connectivity index (χ4v) is 0. The van der Waals surface area contributed by atoms with E-state index in [9.17, 15) is 0 Å². The lowest BCUT2D eigenvalue weighted by atomic mass is 11.1. The van der Waals surface area contributed by atoms with Crippen LogP contribution in [0.25, 0.3) is 0 Å². The van der Waals surface area contributed by atoms with Crippen LogP contribution in [0.2, 0.25) is 0 Å². The molecular weight excluding hydrogens is 70.0 g/mol. The number of hydrogen-bond donors (Lipinski definition) is 2. The molecule has 5 heavy (non-hydrogen) atoms. The average molecular weight is 78.1 g/mol. The molecule has 0 aromatic heterocycles. The fraction of sp³-hybridized carbons (Fsp3) is 1.00. The Kier molecular flexibility index (Phi) is 2.14. The minimum absolute atomic E-state index is 0.139. The van der Waals surface area contributed by atoms with Crippen LogP contribution in [0.5, 0.6) is 0 Å². The zero-order chi connectivity index (χ0) is 4.28. The molecule has 2 N–H and O–H groups in total. The van der Waals surface area contributed by atoms with Gasteiger partial charge in [-0.1, -0.05) is 0 Å². The van der Waals surface area contributed by atoms with Gasteiger partial charge in [-0.3, -0.25) is 0 Å². The molecule has 0 bridgehead atoms. The van der Waals surface area contributed by atoms with Crippen LogP contribution in [0.3, 0.4) is 0 Å². The van der Waals surface area contributed by atoms with Gasteiger partial charge in [0.25, 0.3) is 0 Å². The van der Waals surface area contributed by atoms with E-state index < -0.39 is 6.10 Å². The molecule has 32 valence electrons. The van der Waals surface area contributed by atoms with Crippen molar-refractivity contribution in [1.29, 1.82) is 0 Å². The molecule has 2 nitrogen and oxygen atoms in total. The Morgan fingerprint density at radius 3 is 2.00 bits per heavy atom. The summed E-state index contributed by atoms with van der Waals surface area (Å²) in [5.74, 6) is 0. The summed E-state index contributed by atoms with van der Waals surface area (Å²) in [6, 6.07) is 0. The lowest BCUT2D eigenvalue weighted by Gasteiger charge is -1.90. The van der Waals surface area contributed by atoms with Crippen molar-refractivity contribution in [3.8, 4) is 0 Å². The molecule has 0 radical (unpaired) electrons. The second-order valence-corrected chi connectivity index (χ2v) is 1.03. The monoisotopic (exact) mass is 78.1 g/mol. The van der Waals surface area contributed by atoms with Crippen molar-refractivity contribution in [2.75, 3.05) is 6.61 Å². The van der Waals surface area contributed by atoms with Crippen LogP contribution in [0.1, 0.15) is 6.92 Å². The van der Waals surface area contributed by atoms with Crippen LogP contribution in [0.15, 0.2) is 0 Å². The molecule has 2 heteroatoms. The quantitative estimate of drug-likeness (QED) is 0.409. The molecular formula is C3H8O2. The second kappa shape index (κ2) is 2.18. The molecule has 0 saturated heterocycles. The first kappa shape index (κ1) is 4.92. The van der Waals surface area contributed by atoms with Gasteiger partial charge in [0, 0.05) is 0 Å². The maximum atomic E-state index is 8.11.